The average molecular weight is 365 g/mol. The summed E-state index contributed by atoms with van der Waals surface area (Å²) in [5, 5.41) is 3.77. The van der Waals surface area contributed by atoms with Crippen molar-refractivity contribution in [2.75, 3.05) is 5.33 Å². The zero-order valence-electron chi connectivity index (χ0n) is 9.10. The summed E-state index contributed by atoms with van der Waals surface area (Å²) in [6.07, 6.45) is 3.12. The third-order valence-corrected chi connectivity index (χ3v) is 4.81. The maximum Gasteiger partial charge on any atom is 0.251 e. The molecule has 0 aromatic heterocycles. The predicted molar refractivity (Wildman–Crippen MR) is 71.9 cm³/mol. The molecule has 1 aromatic carbocycles. The average Bonchev–Trinajstić information content (AvgIpc) is 2.27. The van der Waals surface area contributed by atoms with Crippen LogP contribution in [0.5, 0.6) is 0 Å². The third-order valence-electron chi connectivity index (χ3n) is 3.13. The lowest BCUT2D eigenvalue weighted by molar-refractivity contribution is 0.0856. The van der Waals surface area contributed by atoms with Gasteiger partial charge < -0.3 is 5.32 Å². The number of carbonyl (C=O) groups excluding carboxylic acids is 1. The minimum atomic E-state index is -0.361. The molecule has 0 heterocycles. The molecule has 0 radical (unpaired) electrons. The van der Waals surface area contributed by atoms with Crippen molar-refractivity contribution in [1.29, 1.82) is 0 Å². The smallest absolute Gasteiger partial charge is 0.251 e. The Kier molecular flexibility index (Phi) is 3.88. The molecule has 0 aliphatic heterocycles. The molecule has 1 aromatic rings. The highest BCUT2D eigenvalue weighted by atomic mass is 79.9. The number of carbonyl (C=O) groups is 1. The first-order valence-corrected chi connectivity index (χ1v) is 7.31. The molecule has 2 rings (SSSR count). The highest BCUT2D eigenvalue weighted by Crippen LogP contribution is 2.33. The fraction of sp³-hybridized carbons (Fsp3) is 0.417. The van der Waals surface area contributed by atoms with Gasteiger partial charge in [0.2, 0.25) is 0 Å². The molecule has 2 nitrogen and oxygen atoms in total. The van der Waals surface area contributed by atoms with E-state index in [0.717, 1.165) is 24.6 Å². The van der Waals surface area contributed by atoms with Crippen molar-refractivity contribution in [3.05, 3.63) is 34.1 Å². The standard InChI is InChI=1S/C12H12Br2FNO/c13-7-12(4-1-5-12)16-11(17)8-2-3-10(15)9(14)6-8/h2-3,6H,1,4-5,7H2,(H,16,17). The van der Waals surface area contributed by atoms with E-state index in [2.05, 4.69) is 37.2 Å². The Labute approximate surface area is 116 Å². The Balaban J connectivity index is 2.11. The van der Waals surface area contributed by atoms with E-state index in [1.165, 1.54) is 18.2 Å². The van der Waals surface area contributed by atoms with Gasteiger partial charge in [0.25, 0.3) is 5.91 Å². The van der Waals surface area contributed by atoms with Crippen LogP contribution in [0.4, 0.5) is 4.39 Å². The van der Waals surface area contributed by atoms with Gasteiger partial charge >= 0.3 is 0 Å². The first-order valence-electron chi connectivity index (χ1n) is 5.40. The normalized spacial score (nSPS) is 17.4. The van der Waals surface area contributed by atoms with Crippen molar-refractivity contribution < 1.29 is 9.18 Å². The summed E-state index contributed by atoms with van der Waals surface area (Å²) >= 11 is 6.50. The number of hydrogen-bond acceptors (Lipinski definition) is 1. The van der Waals surface area contributed by atoms with Crippen molar-refractivity contribution in [1.82, 2.24) is 5.32 Å². The highest BCUT2D eigenvalue weighted by Gasteiger charge is 2.37. The molecule has 17 heavy (non-hydrogen) atoms. The Morgan fingerprint density at radius 3 is 2.65 bits per heavy atom. The van der Waals surface area contributed by atoms with Crippen molar-refractivity contribution in [3.8, 4) is 0 Å². The monoisotopic (exact) mass is 363 g/mol. The minimum Gasteiger partial charge on any atom is -0.346 e. The zero-order valence-corrected chi connectivity index (χ0v) is 12.3. The maximum absolute atomic E-state index is 13.1. The van der Waals surface area contributed by atoms with E-state index in [1.807, 2.05) is 0 Å². The molecule has 1 aliphatic carbocycles. The lowest BCUT2D eigenvalue weighted by atomic mass is 9.78. The van der Waals surface area contributed by atoms with Gasteiger partial charge in [0.1, 0.15) is 5.82 Å². The van der Waals surface area contributed by atoms with Crippen LogP contribution < -0.4 is 5.32 Å². The van der Waals surface area contributed by atoms with Crippen LogP contribution in [-0.2, 0) is 0 Å². The molecule has 0 saturated heterocycles. The van der Waals surface area contributed by atoms with Crippen LogP contribution in [0.25, 0.3) is 0 Å². The van der Waals surface area contributed by atoms with Gasteiger partial charge in [-0.2, -0.15) is 0 Å². The van der Waals surface area contributed by atoms with E-state index in [0.29, 0.717) is 10.0 Å². The molecular formula is C12H12Br2FNO. The van der Waals surface area contributed by atoms with E-state index >= 15 is 0 Å². The second-order valence-electron chi connectivity index (χ2n) is 4.35. The van der Waals surface area contributed by atoms with E-state index in [4.69, 9.17) is 0 Å². The highest BCUT2D eigenvalue weighted by molar-refractivity contribution is 9.10. The van der Waals surface area contributed by atoms with Crippen molar-refractivity contribution in [2.24, 2.45) is 0 Å². The Bertz CT molecular complexity index is 441. The van der Waals surface area contributed by atoms with E-state index < -0.39 is 0 Å². The van der Waals surface area contributed by atoms with Crippen LogP contribution in [0.2, 0.25) is 0 Å². The fourth-order valence-corrected chi connectivity index (χ4v) is 2.93. The second kappa shape index (κ2) is 5.06. The first-order chi connectivity index (χ1) is 8.06. The first kappa shape index (κ1) is 13.0. The summed E-state index contributed by atoms with van der Waals surface area (Å²) in [4.78, 5) is 12.0. The molecule has 1 aliphatic rings. The Morgan fingerprint density at radius 1 is 1.47 bits per heavy atom. The zero-order chi connectivity index (χ0) is 12.5. The van der Waals surface area contributed by atoms with Gasteiger partial charge in [-0.25, -0.2) is 4.39 Å². The van der Waals surface area contributed by atoms with Crippen LogP contribution in [0.1, 0.15) is 29.6 Å². The second-order valence-corrected chi connectivity index (χ2v) is 5.77. The molecule has 0 spiro atoms. The van der Waals surface area contributed by atoms with E-state index in [9.17, 15) is 9.18 Å². The third kappa shape index (κ3) is 2.71. The predicted octanol–water partition coefficient (Wildman–Crippen LogP) is 3.64. The van der Waals surface area contributed by atoms with E-state index in [-0.39, 0.29) is 17.3 Å². The SMILES string of the molecule is O=C(NC1(CBr)CCC1)c1ccc(F)c(Br)c1. The maximum atomic E-state index is 13.1. The summed E-state index contributed by atoms with van der Waals surface area (Å²) in [6, 6.07) is 4.29. The molecule has 0 unspecified atom stereocenters. The summed E-state index contributed by atoms with van der Waals surface area (Å²) < 4.78 is 13.4. The van der Waals surface area contributed by atoms with Gasteiger partial charge in [0, 0.05) is 10.9 Å². The van der Waals surface area contributed by atoms with Gasteiger partial charge in [-0.05, 0) is 53.4 Å². The lowest BCUT2D eigenvalue weighted by Gasteiger charge is -2.41. The van der Waals surface area contributed by atoms with Gasteiger partial charge in [-0.15, -0.1) is 0 Å². The molecule has 92 valence electrons. The van der Waals surface area contributed by atoms with Gasteiger partial charge in [-0.1, -0.05) is 15.9 Å². The topological polar surface area (TPSA) is 29.1 Å². The van der Waals surface area contributed by atoms with Gasteiger partial charge in [0.15, 0.2) is 0 Å². The van der Waals surface area contributed by atoms with Crippen LogP contribution in [0.15, 0.2) is 22.7 Å². The summed E-state index contributed by atoms with van der Waals surface area (Å²) in [7, 11) is 0. The fourth-order valence-electron chi connectivity index (χ4n) is 1.85. The van der Waals surface area contributed by atoms with Crippen LogP contribution >= 0.6 is 31.9 Å². The number of halogens is 3. The molecule has 1 fully saturated rings. The number of benzene rings is 1. The largest absolute Gasteiger partial charge is 0.346 e. The summed E-state index contributed by atoms with van der Waals surface area (Å²) in [6.45, 7) is 0. The van der Waals surface area contributed by atoms with Crippen molar-refractivity contribution in [2.45, 2.75) is 24.8 Å². The van der Waals surface area contributed by atoms with Crippen molar-refractivity contribution >= 4 is 37.8 Å². The minimum absolute atomic E-state index is 0.113. The molecule has 0 atom stereocenters. The Hall–Kier alpha value is -0.420. The van der Waals surface area contributed by atoms with Gasteiger partial charge in [0.05, 0.1) is 10.0 Å². The Morgan fingerprint density at radius 2 is 2.18 bits per heavy atom. The number of alkyl halides is 1. The number of hydrogen-bond donors (Lipinski definition) is 1. The van der Waals surface area contributed by atoms with Crippen LogP contribution in [0, 0.1) is 5.82 Å². The molecule has 1 amide bonds. The molecule has 5 heteroatoms. The quantitative estimate of drug-likeness (QED) is 0.815. The molecule has 1 saturated carbocycles. The molecule has 0 bridgehead atoms. The van der Waals surface area contributed by atoms with E-state index in [1.54, 1.807) is 0 Å². The number of rotatable bonds is 3. The lowest BCUT2D eigenvalue weighted by Crippen LogP contribution is -2.54. The molecular weight excluding hydrogens is 353 g/mol. The summed E-state index contributed by atoms with van der Waals surface area (Å²) in [5.74, 6) is -0.509. The van der Waals surface area contributed by atoms with Crippen LogP contribution in [0.3, 0.4) is 0 Å². The number of amides is 1. The van der Waals surface area contributed by atoms with Gasteiger partial charge in [-0.3, -0.25) is 4.79 Å². The van der Waals surface area contributed by atoms with Crippen molar-refractivity contribution in [3.63, 3.8) is 0 Å². The van der Waals surface area contributed by atoms with Crippen LogP contribution in [-0.4, -0.2) is 16.8 Å². The number of nitrogens with one attached hydrogen (secondary N) is 1. The molecule has 1 N–H and O–H groups in total. The summed E-state index contributed by atoms with van der Waals surface area (Å²) in [5.41, 5.74) is 0.364.